The number of ether oxygens (including phenoxy) is 1. The molecule has 3 aromatic rings. The third-order valence-corrected chi connectivity index (χ3v) is 7.69. The Labute approximate surface area is 220 Å². The van der Waals surface area contributed by atoms with Gasteiger partial charge in [0.05, 0.1) is 12.7 Å². The van der Waals surface area contributed by atoms with Crippen molar-refractivity contribution in [3.63, 3.8) is 0 Å². The molecule has 0 spiro atoms. The van der Waals surface area contributed by atoms with Crippen LogP contribution in [0.3, 0.4) is 0 Å². The first kappa shape index (κ1) is 27.4. The van der Waals surface area contributed by atoms with Crippen molar-refractivity contribution in [2.75, 3.05) is 0 Å². The molecule has 0 N–H and O–H groups in total. The van der Waals surface area contributed by atoms with Crippen molar-refractivity contribution in [3.05, 3.63) is 94.3 Å². The maximum atomic E-state index is 14.9. The Morgan fingerprint density at radius 2 is 1.46 bits per heavy atom. The van der Waals surface area contributed by atoms with Gasteiger partial charge in [-0.15, -0.1) is 0 Å². The zero-order valence-electron chi connectivity index (χ0n) is 22.2. The van der Waals surface area contributed by atoms with Gasteiger partial charge in [-0.05, 0) is 79.2 Å². The molecule has 3 aromatic carbocycles. The molecular weight excluding hydrogens is 469 g/mol. The molecule has 0 heterocycles. The van der Waals surface area contributed by atoms with Crippen molar-refractivity contribution in [1.29, 1.82) is 0 Å². The fourth-order valence-corrected chi connectivity index (χ4v) is 5.45. The van der Waals surface area contributed by atoms with Crippen LogP contribution in [0.25, 0.3) is 11.1 Å². The van der Waals surface area contributed by atoms with Gasteiger partial charge in [0.2, 0.25) is 0 Å². The number of benzene rings is 3. The van der Waals surface area contributed by atoms with E-state index in [0.717, 1.165) is 68.9 Å². The predicted molar refractivity (Wildman–Crippen MR) is 145 cm³/mol. The first-order valence-corrected chi connectivity index (χ1v) is 14.0. The largest absolute Gasteiger partial charge is 0.373 e. The molecule has 4 heteroatoms. The van der Waals surface area contributed by atoms with Crippen LogP contribution in [0.15, 0.2) is 54.6 Å². The maximum Gasteiger partial charge on any atom is 0.167 e. The third kappa shape index (κ3) is 7.04. The minimum Gasteiger partial charge on any atom is -0.373 e. The number of halogens is 3. The van der Waals surface area contributed by atoms with Gasteiger partial charge in [0, 0.05) is 11.1 Å². The van der Waals surface area contributed by atoms with E-state index in [4.69, 9.17) is 4.74 Å². The Hall–Kier alpha value is -2.59. The van der Waals surface area contributed by atoms with E-state index in [1.807, 2.05) is 30.3 Å². The quantitative estimate of drug-likeness (QED) is 0.234. The second-order valence-electron chi connectivity index (χ2n) is 10.4. The van der Waals surface area contributed by atoms with Crippen LogP contribution in [-0.2, 0) is 24.2 Å². The topological polar surface area (TPSA) is 9.23 Å². The number of hydrogen-bond acceptors (Lipinski definition) is 1. The van der Waals surface area contributed by atoms with Gasteiger partial charge in [-0.3, -0.25) is 0 Å². The van der Waals surface area contributed by atoms with E-state index in [9.17, 15) is 13.2 Å². The van der Waals surface area contributed by atoms with Gasteiger partial charge in [0.25, 0.3) is 0 Å². The molecule has 0 radical (unpaired) electrons. The van der Waals surface area contributed by atoms with Crippen LogP contribution in [0.2, 0.25) is 0 Å². The Kier molecular flexibility index (Phi) is 9.85. The second-order valence-corrected chi connectivity index (χ2v) is 10.4. The van der Waals surface area contributed by atoms with Crippen molar-refractivity contribution in [2.24, 2.45) is 0 Å². The third-order valence-electron chi connectivity index (χ3n) is 7.69. The van der Waals surface area contributed by atoms with Crippen LogP contribution in [0.5, 0.6) is 0 Å². The molecule has 4 rings (SSSR count). The molecule has 37 heavy (non-hydrogen) atoms. The van der Waals surface area contributed by atoms with Gasteiger partial charge < -0.3 is 4.74 Å². The average Bonchev–Trinajstić information content (AvgIpc) is 2.91. The lowest BCUT2D eigenvalue weighted by Crippen LogP contribution is -2.21. The number of rotatable bonds is 11. The van der Waals surface area contributed by atoms with E-state index < -0.39 is 11.6 Å². The van der Waals surface area contributed by atoms with E-state index >= 15 is 0 Å². The van der Waals surface area contributed by atoms with Gasteiger partial charge in [-0.2, -0.15) is 0 Å². The van der Waals surface area contributed by atoms with Crippen LogP contribution >= 0.6 is 0 Å². The Morgan fingerprint density at radius 3 is 2.14 bits per heavy atom. The summed E-state index contributed by atoms with van der Waals surface area (Å²) in [7, 11) is 0. The summed E-state index contributed by atoms with van der Waals surface area (Å²) >= 11 is 0. The number of unbranched alkanes of at least 4 members (excludes halogenated alkanes) is 2. The van der Waals surface area contributed by atoms with E-state index in [1.165, 1.54) is 12.0 Å². The van der Waals surface area contributed by atoms with Crippen molar-refractivity contribution in [2.45, 2.75) is 96.7 Å². The minimum absolute atomic E-state index is 0.0270. The summed E-state index contributed by atoms with van der Waals surface area (Å²) in [6.45, 7) is 4.32. The number of aryl methyl sites for hydroxylation is 2. The molecule has 1 fully saturated rings. The summed E-state index contributed by atoms with van der Waals surface area (Å²) in [4.78, 5) is 0. The highest BCUT2D eigenvalue weighted by molar-refractivity contribution is 5.65. The molecule has 0 unspecified atom stereocenters. The Bertz CT molecular complexity index is 1150. The first-order chi connectivity index (χ1) is 18.0. The molecular formula is C33H39F3O. The summed E-state index contributed by atoms with van der Waals surface area (Å²) in [5.41, 5.74) is 4.22. The van der Waals surface area contributed by atoms with Gasteiger partial charge >= 0.3 is 0 Å². The highest BCUT2D eigenvalue weighted by Crippen LogP contribution is 2.36. The van der Waals surface area contributed by atoms with Gasteiger partial charge in [-0.1, -0.05) is 81.6 Å². The van der Waals surface area contributed by atoms with E-state index in [1.54, 1.807) is 18.2 Å². The average molecular weight is 509 g/mol. The zero-order chi connectivity index (χ0) is 26.2. The van der Waals surface area contributed by atoms with E-state index in [0.29, 0.717) is 5.56 Å². The molecule has 0 atom stereocenters. The van der Waals surface area contributed by atoms with Crippen molar-refractivity contribution in [1.82, 2.24) is 0 Å². The van der Waals surface area contributed by atoms with Gasteiger partial charge in [0.1, 0.15) is 5.82 Å². The molecule has 0 aromatic heterocycles. The first-order valence-electron chi connectivity index (χ1n) is 14.0. The lowest BCUT2D eigenvalue weighted by atomic mass is 9.82. The molecule has 1 nitrogen and oxygen atoms in total. The highest BCUT2D eigenvalue weighted by atomic mass is 19.2. The minimum atomic E-state index is -0.843. The summed E-state index contributed by atoms with van der Waals surface area (Å²) in [5, 5.41) is 0. The summed E-state index contributed by atoms with van der Waals surface area (Å²) < 4.78 is 50.5. The standard InChI is InChI=1S/C33H39F3O/c1-3-5-6-8-24-11-19-29(31(34)21-24)25-14-17-28(18-15-25)37-22-27-16-20-30(33(36)32(27)35)26-12-9-23(7-4-2)10-13-26/h9-13,16,19-21,25,28H,3-8,14-15,17-18,22H2,1-2H3. The zero-order valence-corrected chi connectivity index (χ0v) is 22.2. The molecule has 1 aliphatic rings. The second kappa shape index (κ2) is 13.3. The fourth-order valence-electron chi connectivity index (χ4n) is 5.45. The Balaban J connectivity index is 1.31. The lowest BCUT2D eigenvalue weighted by Gasteiger charge is -2.29. The van der Waals surface area contributed by atoms with E-state index in [-0.39, 0.29) is 35.6 Å². The Morgan fingerprint density at radius 1 is 0.730 bits per heavy atom. The molecule has 0 saturated heterocycles. The van der Waals surface area contributed by atoms with Crippen molar-refractivity contribution >= 4 is 0 Å². The van der Waals surface area contributed by atoms with Gasteiger partial charge in [0.15, 0.2) is 11.6 Å². The summed E-state index contributed by atoms with van der Waals surface area (Å²) in [6, 6.07) is 16.6. The van der Waals surface area contributed by atoms with Crippen LogP contribution in [0, 0.1) is 17.5 Å². The van der Waals surface area contributed by atoms with Crippen molar-refractivity contribution < 1.29 is 17.9 Å². The summed E-state index contributed by atoms with van der Waals surface area (Å²) in [5.74, 6) is -1.59. The monoisotopic (exact) mass is 508 g/mol. The van der Waals surface area contributed by atoms with Crippen LogP contribution in [-0.4, -0.2) is 6.10 Å². The smallest absolute Gasteiger partial charge is 0.167 e. The SMILES string of the molecule is CCCCCc1ccc(C2CCC(OCc3ccc(-c4ccc(CCC)cc4)c(F)c3F)CC2)c(F)c1. The predicted octanol–water partition coefficient (Wildman–Crippen LogP) is 9.70. The number of hydrogen-bond donors (Lipinski definition) is 0. The van der Waals surface area contributed by atoms with Crippen molar-refractivity contribution in [3.8, 4) is 11.1 Å². The maximum absolute atomic E-state index is 14.9. The highest BCUT2D eigenvalue weighted by Gasteiger charge is 2.25. The molecule has 0 aliphatic heterocycles. The van der Waals surface area contributed by atoms with Crippen LogP contribution in [0.4, 0.5) is 13.2 Å². The molecule has 0 bridgehead atoms. The lowest BCUT2D eigenvalue weighted by molar-refractivity contribution is 0.0117. The molecule has 198 valence electrons. The summed E-state index contributed by atoms with van der Waals surface area (Å²) in [6.07, 6.45) is 9.57. The van der Waals surface area contributed by atoms with Crippen LogP contribution < -0.4 is 0 Å². The van der Waals surface area contributed by atoms with E-state index in [2.05, 4.69) is 19.9 Å². The molecule has 1 saturated carbocycles. The molecule has 1 aliphatic carbocycles. The molecule has 0 amide bonds. The normalized spacial score (nSPS) is 17.8. The van der Waals surface area contributed by atoms with Gasteiger partial charge in [-0.25, -0.2) is 13.2 Å². The fraction of sp³-hybridized carbons (Fsp3) is 0.455. The van der Waals surface area contributed by atoms with Crippen LogP contribution in [0.1, 0.15) is 93.4 Å².